The SMILES string of the molecule is CC(C)(C)C(=O)OCCCCCCSc1cc(=O)oc2ccc(C(F)(F)C(F)(F)F)cc12. The summed E-state index contributed by atoms with van der Waals surface area (Å²) in [7, 11) is 0. The molecule has 0 amide bonds. The number of fused-ring (bicyclic) bond motifs is 1. The van der Waals surface area contributed by atoms with Crippen molar-refractivity contribution >= 4 is 28.7 Å². The Labute approximate surface area is 186 Å². The fourth-order valence-electron chi connectivity index (χ4n) is 2.73. The third kappa shape index (κ3) is 6.70. The first-order valence-corrected chi connectivity index (χ1v) is 11.0. The molecule has 4 nitrogen and oxygen atoms in total. The molecule has 0 unspecified atom stereocenters. The number of halogens is 5. The Morgan fingerprint density at radius 3 is 2.28 bits per heavy atom. The number of carbonyl (C=O) groups excluding carboxylic acids is 1. The molecule has 0 saturated carbocycles. The number of hydrogen-bond donors (Lipinski definition) is 0. The lowest BCUT2D eigenvalue weighted by atomic mass is 9.97. The quantitative estimate of drug-likeness (QED) is 0.132. The van der Waals surface area contributed by atoms with E-state index in [2.05, 4.69) is 0 Å². The molecule has 0 aliphatic heterocycles. The summed E-state index contributed by atoms with van der Waals surface area (Å²) in [5.41, 5.74) is -2.53. The van der Waals surface area contributed by atoms with Gasteiger partial charge in [0.05, 0.1) is 12.0 Å². The summed E-state index contributed by atoms with van der Waals surface area (Å²) >= 11 is 1.19. The van der Waals surface area contributed by atoms with Crippen LogP contribution in [0, 0.1) is 5.41 Å². The predicted octanol–water partition coefficient (Wildman–Crippen LogP) is 6.69. The summed E-state index contributed by atoms with van der Waals surface area (Å²) in [6.45, 7) is 5.64. The second kappa shape index (κ2) is 10.2. The molecular weight excluding hydrogens is 455 g/mol. The highest BCUT2D eigenvalue weighted by Crippen LogP contribution is 2.45. The molecule has 32 heavy (non-hydrogen) atoms. The van der Waals surface area contributed by atoms with Crippen molar-refractivity contribution < 1.29 is 35.9 Å². The maximum Gasteiger partial charge on any atom is 0.458 e. The van der Waals surface area contributed by atoms with Crippen molar-refractivity contribution in [1.82, 2.24) is 0 Å². The van der Waals surface area contributed by atoms with Crippen LogP contribution in [-0.4, -0.2) is 24.5 Å². The molecule has 0 N–H and O–H groups in total. The molecule has 1 aromatic carbocycles. The van der Waals surface area contributed by atoms with Crippen LogP contribution < -0.4 is 5.63 Å². The van der Waals surface area contributed by atoms with Crippen molar-refractivity contribution in [2.75, 3.05) is 12.4 Å². The smallest absolute Gasteiger partial charge is 0.458 e. The Hall–Kier alpha value is -2.10. The van der Waals surface area contributed by atoms with Crippen LogP contribution in [0.1, 0.15) is 52.0 Å². The Balaban J connectivity index is 1.96. The minimum atomic E-state index is -5.73. The van der Waals surface area contributed by atoms with Gasteiger partial charge in [0.15, 0.2) is 0 Å². The number of ether oxygens (including phenoxy) is 1. The van der Waals surface area contributed by atoms with E-state index in [9.17, 15) is 31.5 Å². The highest BCUT2D eigenvalue weighted by atomic mass is 32.2. The van der Waals surface area contributed by atoms with Crippen molar-refractivity contribution in [3.8, 4) is 0 Å². The van der Waals surface area contributed by atoms with Gasteiger partial charge in [-0.15, -0.1) is 11.8 Å². The van der Waals surface area contributed by atoms with Gasteiger partial charge in [-0.3, -0.25) is 4.79 Å². The van der Waals surface area contributed by atoms with Crippen molar-refractivity contribution in [3.63, 3.8) is 0 Å². The monoisotopic (exact) mass is 480 g/mol. The molecule has 0 aliphatic carbocycles. The summed E-state index contributed by atoms with van der Waals surface area (Å²) in [5, 5.41) is 0.0325. The van der Waals surface area contributed by atoms with Gasteiger partial charge in [0.2, 0.25) is 0 Å². The van der Waals surface area contributed by atoms with Crippen LogP contribution in [0.5, 0.6) is 0 Å². The topological polar surface area (TPSA) is 56.5 Å². The fourth-order valence-corrected chi connectivity index (χ4v) is 3.80. The molecule has 0 fully saturated rings. The van der Waals surface area contributed by atoms with Gasteiger partial charge in [-0.05, 0) is 57.6 Å². The number of benzene rings is 1. The molecule has 178 valence electrons. The Morgan fingerprint density at radius 1 is 1.00 bits per heavy atom. The van der Waals surface area contributed by atoms with Gasteiger partial charge in [0.1, 0.15) is 5.58 Å². The average Bonchev–Trinajstić information content (AvgIpc) is 2.67. The minimum Gasteiger partial charge on any atom is -0.465 e. The molecule has 1 aromatic heterocycles. The third-order valence-corrected chi connectivity index (χ3v) is 5.71. The lowest BCUT2D eigenvalue weighted by Gasteiger charge is -2.20. The minimum absolute atomic E-state index is 0.0325. The van der Waals surface area contributed by atoms with E-state index in [1.54, 1.807) is 20.8 Å². The van der Waals surface area contributed by atoms with Gasteiger partial charge in [0, 0.05) is 21.9 Å². The van der Waals surface area contributed by atoms with E-state index in [1.807, 2.05) is 0 Å². The van der Waals surface area contributed by atoms with Gasteiger partial charge >= 0.3 is 23.7 Å². The zero-order chi connectivity index (χ0) is 24.2. The van der Waals surface area contributed by atoms with Crippen LogP contribution in [0.15, 0.2) is 38.4 Å². The number of thioether (sulfide) groups is 1. The molecule has 0 bridgehead atoms. The fraction of sp³-hybridized carbons (Fsp3) is 0.545. The van der Waals surface area contributed by atoms with Gasteiger partial charge in [-0.25, -0.2) is 4.79 Å². The zero-order valence-corrected chi connectivity index (χ0v) is 18.8. The lowest BCUT2D eigenvalue weighted by Crippen LogP contribution is -2.33. The normalized spacial score (nSPS) is 12.9. The van der Waals surface area contributed by atoms with Crippen LogP contribution in [0.4, 0.5) is 22.0 Å². The van der Waals surface area contributed by atoms with E-state index in [0.717, 1.165) is 37.5 Å². The second-order valence-electron chi connectivity index (χ2n) is 8.36. The predicted molar refractivity (Wildman–Crippen MR) is 112 cm³/mol. The number of rotatable bonds is 9. The van der Waals surface area contributed by atoms with Gasteiger partial charge in [0.25, 0.3) is 0 Å². The average molecular weight is 480 g/mol. The second-order valence-corrected chi connectivity index (χ2v) is 9.50. The van der Waals surface area contributed by atoms with Gasteiger partial charge in [-0.1, -0.05) is 12.8 Å². The summed E-state index contributed by atoms with van der Waals surface area (Å²) in [4.78, 5) is 23.7. The molecule has 2 aromatic rings. The van der Waals surface area contributed by atoms with Crippen LogP contribution in [0.2, 0.25) is 0 Å². The largest absolute Gasteiger partial charge is 0.465 e. The molecular formula is C22H25F5O4S. The summed E-state index contributed by atoms with van der Waals surface area (Å²) < 4.78 is 75.7. The standard InChI is InChI=1S/C22H25F5O4S/c1-20(2,3)19(29)30-10-6-4-5-7-11-32-17-13-18(28)31-16-9-8-14(12-15(16)17)21(23,24)22(25,26)27/h8-9,12-13H,4-7,10-11H2,1-3H3. The van der Waals surface area contributed by atoms with Gasteiger partial charge < -0.3 is 9.15 Å². The molecule has 1 heterocycles. The Kier molecular flexibility index (Phi) is 8.36. The highest BCUT2D eigenvalue weighted by Gasteiger charge is 2.58. The van der Waals surface area contributed by atoms with Gasteiger partial charge in [-0.2, -0.15) is 22.0 Å². The maximum atomic E-state index is 13.7. The summed E-state index contributed by atoms with van der Waals surface area (Å²) in [5.74, 6) is -4.76. The number of carbonyl (C=O) groups is 1. The van der Waals surface area contributed by atoms with E-state index < -0.39 is 28.7 Å². The first-order valence-electron chi connectivity index (χ1n) is 10.1. The summed E-state index contributed by atoms with van der Waals surface area (Å²) in [6.07, 6.45) is -2.71. The van der Waals surface area contributed by atoms with E-state index in [0.29, 0.717) is 24.8 Å². The number of esters is 1. The molecule has 0 atom stereocenters. The molecule has 2 rings (SSSR count). The van der Waals surface area contributed by atoms with E-state index >= 15 is 0 Å². The number of alkyl halides is 5. The lowest BCUT2D eigenvalue weighted by molar-refractivity contribution is -0.289. The van der Waals surface area contributed by atoms with Crippen molar-refractivity contribution in [1.29, 1.82) is 0 Å². The van der Waals surface area contributed by atoms with Crippen LogP contribution in [0.3, 0.4) is 0 Å². The van der Waals surface area contributed by atoms with E-state index in [-0.39, 0.29) is 21.8 Å². The number of unbranched alkanes of at least 4 members (excludes halogenated alkanes) is 3. The molecule has 10 heteroatoms. The van der Waals surface area contributed by atoms with Crippen LogP contribution >= 0.6 is 11.8 Å². The van der Waals surface area contributed by atoms with Crippen molar-refractivity contribution in [2.24, 2.45) is 5.41 Å². The summed E-state index contributed by atoms with van der Waals surface area (Å²) in [6, 6.07) is 3.38. The molecule has 0 radical (unpaired) electrons. The zero-order valence-electron chi connectivity index (χ0n) is 18.0. The van der Waals surface area contributed by atoms with Crippen molar-refractivity contribution in [2.45, 2.75) is 63.4 Å². The maximum absolute atomic E-state index is 13.7. The van der Waals surface area contributed by atoms with E-state index in [4.69, 9.17) is 9.15 Å². The van der Waals surface area contributed by atoms with Crippen LogP contribution in [0.25, 0.3) is 11.0 Å². The Bertz CT molecular complexity index is 992. The first kappa shape index (κ1) is 26.2. The van der Waals surface area contributed by atoms with Crippen LogP contribution in [-0.2, 0) is 15.5 Å². The highest BCUT2D eigenvalue weighted by molar-refractivity contribution is 7.99. The molecule has 0 saturated heterocycles. The Morgan fingerprint density at radius 2 is 1.66 bits per heavy atom. The molecule has 0 spiro atoms. The van der Waals surface area contributed by atoms with Crippen molar-refractivity contribution in [3.05, 3.63) is 40.2 Å². The first-order chi connectivity index (χ1) is 14.7. The van der Waals surface area contributed by atoms with E-state index in [1.165, 1.54) is 11.8 Å². The molecule has 0 aliphatic rings. The number of hydrogen-bond acceptors (Lipinski definition) is 5. The third-order valence-electron chi connectivity index (χ3n) is 4.56.